The molecule has 0 amide bonds. The summed E-state index contributed by atoms with van der Waals surface area (Å²) < 4.78 is 26.4. The van der Waals surface area contributed by atoms with Gasteiger partial charge in [0.2, 0.25) is 10.0 Å². The predicted octanol–water partition coefficient (Wildman–Crippen LogP) is 1.83. The molecule has 0 saturated carbocycles. The van der Waals surface area contributed by atoms with Crippen molar-refractivity contribution < 1.29 is 8.42 Å². The molecule has 0 bridgehead atoms. The van der Waals surface area contributed by atoms with Crippen molar-refractivity contribution in [2.24, 2.45) is 5.41 Å². The number of nitrogens with zero attached hydrogens (tertiary/aromatic N) is 1. The molecular weight excluding hydrogens is 248 g/mol. The number of nitrogens with one attached hydrogen (secondary N) is 1. The fourth-order valence-electron chi connectivity index (χ4n) is 2.82. The summed E-state index contributed by atoms with van der Waals surface area (Å²) in [5, 5.41) is 2.61. The average molecular weight is 276 g/mol. The van der Waals surface area contributed by atoms with E-state index in [4.69, 9.17) is 0 Å². The second-order valence-electron chi connectivity index (χ2n) is 5.52. The Balaban J connectivity index is 2.67. The molecule has 1 aliphatic heterocycles. The zero-order valence-electron chi connectivity index (χ0n) is 12.2. The standard InChI is InChI=1S/C13H28N2O2S/c1-5-13(6-2)7-9-15(10-8-13)18(16,17)12(3)11-14-4/h12,14H,5-11H2,1-4H3. The van der Waals surface area contributed by atoms with Gasteiger partial charge in [0, 0.05) is 19.6 Å². The molecule has 0 spiro atoms. The lowest BCUT2D eigenvalue weighted by Crippen LogP contribution is -2.47. The van der Waals surface area contributed by atoms with E-state index in [1.165, 1.54) is 0 Å². The van der Waals surface area contributed by atoms with E-state index in [0.717, 1.165) is 25.7 Å². The first-order valence-electron chi connectivity index (χ1n) is 7.05. The second-order valence-corrected chi connectivity index (χ2v) is 7.87. The fraction of sp³-hybridized carbons (Fsp3) is 1.00. The summed E-state index contributed by atoms with van der Waals surface area (Å²) in [7, 11) is -1.33. The van der Waals surface area contributed by atoms with Crippen molar-refractivity contribution in [1.29, 1.82) is 0 Å². The van der Waals surface area contributed by atoms with Crippen molar-refractivity contribution in [3.8, 4) is 0 Å². The van der Waals surface area contributed by atoms with Gasteiger partial charge in [-0.2, -0.15) is 0 Å². The number of hydrogen-bond acceptors (Lipinski definition) is 3. The summed E-state index contributed by atoms with van der Waals surface area (Å²) >= 11 is 0. The Labute approximate surface area is 112 Å². The molecule has 0 radical (unpaired) electrons. The normalized spacial score (nSPS) is 22.9. The summed E-state index contributed by atoms with van der Waals surface area (Å²) in [6.07, 6.45) is 4.32. The van der Waals surface area contributed by atoms with E-state index in [1.54, 1.807) is 18.3 Å². The largest absolute Gasteiger partial charge is 0.318 e. The van der Waals surface area contributed by atoms with Crippen molar-refractivity contribution in [2.45, 2.75) is 51.7 Å². The van der Waals surface area contributed by atoms with Crippen LogP contribution in [0.1, 0.15) is 46.5 Å². The highest BCUT2D eigenvalue weighted by Crippen LogP contribution is 2.38. The summed E-state index contributed by atoms with van der Waals surface area (Å²) in [4.78, 5) is 0. The second kappa shape index (κ2) is 6.35. The number of sulfonamides is 1. The zero-order chi connectivity index (χ0) is 13.8. The average Bonchev–Trinajstić information content (AvgIpc) is 2.39. The van der Waals surface area contributed by atoms with Crippen molar-refractivity contribution in [3.63, 3.8) is 0 Å². The first kappa shape index (κ1) is 15.9. The van der Waals surface area contributed by atoms with Crippen LogP contribution in [0.25, 0.3) is 0 Å². The van der Waals surface area contributed by atoms with Gasteiger partial charge in [0.1, 0.15) is 0 Å². The van der Waals surface area contributed by atoms with E-state index in [1.807, 2.05) is 0 Å². The molecular formula is C13H28N2O2S. The van der Waals surface area contributed by atoms with Gasteiger partial charge >= 0.3 is 0 Å². The number of hydrogen-bond donors (Lipinski definition) is 1. The molecule has 0 aromatic rings. The highest BCUT2D eigenvalue weighted by molar-refractivity contribution is 7.89. The lowest BCUT2D eigenvalue weighted by molar-refractivity contribution is 0.141. The molecule has 1 unspecified atom stereocenters. The maximum Gasteiger partial charge on any atom is 0.217 e. The van der Waals surface area contributed by atoms with Gasteiger partial charge in [-0.05, 0) is 32.2 Å². The van der Waals surface area contributed by atoms with Gasteiger partial charge in [0.25, 0.3) is 0 Å². The molecule has 0 aromatic heterocycles. The van der Waals surface area contributed by atoms with E-state index >= 15 is 0 Å². The molecule has 1 N–H and O–H groups in total. The van der Waals surface area contributed by atoms with Crippen LogP contribution in [0.15, 0.2) is 0 Å². The van der Waals surface area contributed by atoms with E-state index in [9.17, 15) is 8.42 Å². The Kier molecular flexibility index (Phi) is 5.62. The van der Waals surface area contributed by atoms with E-state index < -0.39 is 10.0 Å². The Morgan fingerprint density at radius 3 is 2.11 bits per heavy atom. The van der Waals surface area contributed by atoms with Crippen molar-refractivity contribution >= 4 is 10.0 Å². The van der Waals surface area contributed by atoms with Gasteiger partial charge in [-0.15, -0.1) is 0 Å². The number of piperidine rings is 1. The maximum atomic E-state index is 12.3. The van der Waals surface area contributed by atoms with Gasteiger partial charge in [0.15, 0.2) is 0 Å². The molecule has 5 heteroatoms. The van der Waals surface area contributed by atoms with Crippen molar-refractivity contribution in [3.05, 3.63) is 0 Å². The molecule has 1 saturated heterocycles. The fourth-order valence-corrected chi connectivity index (χ4v) is 4.40. The van der Waals surface area contributed by atoms with Gasteiger partial charge < -0.3 is 5.32 Å². The smallest absolute Gasteiger partial charge is 0.217 e. The molecule has 1 aliphatic rings. The van der Waals surface area contributed by atoms with Crippen molar-refractivity contribution in [1.82, 2.24) is 9.62 Å². The van der Waals surface area contributed by atoms with Gasteiger partial charge in [-0.3, -0.25) is 0 Å². The molecule has 4 nitrogen and oxygen atoms in total. The minimum atomic E-state index is -3.12. The van der Waals surface area contributed by atoms with Crippen LogP contribution in [0.3, 0.4) is 0 Å². The highest BCUT2D eigenvalue weighted by atomic mass is 32.2. The molecule has 1 atom stereocenters. The van der Waals surface area contributed by atoms with Gasteiger partial charge in [0.05, 0.1) is 5.25 Å². The third kappa shape index (κ3) is 3.25. The lowest BCUT2D eigenvalue weighted by atomic mass is 9.75. The topological polar surface area (TPSA) is 49.4 Å². The molecule has 0 aromatic carbocycles. The Hall–Kier alpha value is -0.130. The van der Waals surface area contributed by atoms with Crippen LogP contribution < -0.4 is 5.32 Å². The Bertz CT molecular complexity index is 340. The van der Waals surface area contributed by atoms with Gasteiger partial charge in [-0.25, -0.2) is 12.7 Å². The van der Waals surface area contributed by atoms with E-state index in [2.05, 4.69) is 19.2 Å². The SMILES string of the molecule is CCC1(CC)CCN(S(=O)(=O)C(C)CNC)CC1. The molecule has 1 rings (SSSR count). The highest BCUT2D eigenvalue weighted by Gasteiger charge is 2.37. The summed E-state index contributed by atoms with van der Waals surface area (Å²) in [6.45, 7) is 8.13. The minimum absolute atomic E-state index is 0.335. The minimum Gasteiger partial charge on any atom is -0.318 e. The van der Waals surface area contributed by atoms with Crippen LogP contribution in [0.4, 0.5) is 0 Å². The summed E-state index contributed by atoms with van der Waals surface area (Å²) in [6, 6.07) is 0. The molecule has 1 heterocycles. The third-order valence-electron chi connectivity index (χ3n) is 4.64. The van der Waals surface area contributed by atoms with E-state index in [0.29, 0.717) is 25.0 Å². The van der Waals surface area contributed by atoms with E-state index in [-0.39, 0.29) is 5.25 Å². The molecule has 1 fully saturated rings. The first-order valence-corrected chi connectivity index (χ1v) is 8.55. The van der Waals surface area contributed by atoms with Crippen LogP contribution in [0.5, 0.6) is 0 Å². The quantitative estimate of drug-likeness (QED) is 0.805. The lowest BCUT2D eigenvalue weighted by Gasteiger charge is -2.41. The molecule has 18 heavy (non-hydrogen) atoms. The molecule has 0 aliphatic carbocycles. The molecule has 108 valence electrons. The zero-order valence-corrected chi connectivity index (χ0v) is 13.0. The van der Waals surface area contributed by atoms with Crippen LogP contribution in [0.2, 0.25) is 0 Å². The third-order valence-corrected chi connectivity index (χ3v) is 6.91. The van der Waals surface area contributed by atoms with Crippen LogP contribution in [0, 0.1) is 5.41 Å². The van der Waals surface area contributed by atoms with Crippen LogP contribution in [-0.2, 0) is 10.0 Å². The predicted molar refractivity (Wildman–Crippen MR) is 76.1 cm³/mol. The maximum absolute atomic E-state index is 12.3. The Morgan fingerprint density at radius 1 is 1.22 bits per heavy atom. The summed E-state index contributed by atoms with van der Waals surface area (Å²) in [5.74, 6) is 0. The Morgan fingerprint density at radius 2 is 1.72 bits per heavy atom. The summed E-state index contributed by atoms with van der Waals surface area (Å²) in [5.41, 5.74) is 0.373. The monoisotopic (exact) mass is 276 g/mol. The number of rotatable bonds is 6. The van der Waals surface area contributed by atoms with Gasteiger partial charge in [-0.1, -0.05) is 26.7 Å². The van der Waals surface area contributed by atoms with Crippen LogP contribution >= 0.6 is 0 Å². The van der Waals surface area contributed by atoms with Crippen LogP contribution in [-0.4, -0.2) is 44.7 Å². The first-order chi connectivity index (χ1) is 8.41. The van der Waals surface area contributed by atoms with Crippen molar-refractivity contribution in [2.75, 3.05) is 26.7 Å².